The van der Waals surface area contributed by atoms with E-state index in [1.54, 1.807) is 0 Å². The number of benzene rings is 1. The van der Waals surface area contributed by atoms with Crippen LogP contribution in [0.25, 0.3) is 11.0 Å². The SMILES string of the molecule is c1cncc(CC2C(n3cnc4ccccc43)C3CCN2CC3)c1. The molecule has 3 aromatic rings. The Morgan fingerprint density at radius 3 is 2.75 bits per heavy atom. The quantitative estimate of drug-likeness (QED) is 0.743. The van der Waals surface area contributed by atoms with Gasteiger partial charge in [-0.15, -0.1) is 0 Å². The molecule has 5 heterocycles. The first kappa shape index (κ1) is 14.2. The number of pyridine rings is 1. The van der Waals surface area contributed by atoms with E-state index in [9.17, 15) is 0 Å². The maximum atomic E-state index is 4.65. The molecule has 2 aromatic heterocycles. The van der Waals surface area contributed by atoms with E-state index in [2.05, 4.69) is 56.1 Å². The van der Waals surface area contributed by atoms with Crippen LogP contribution < -0.4 is 0 Å². The van der Waals surface area contributed by atoms with Gasteiger partial charge in [-0.2, -0.15) is 0 Å². The zero-order chi connectivity index (χ0) is 15.9. The van der Waals surface area contributed by atoms with Crippen molar-refractivity contribution in [2.75, 3.05) is 13.1 Å². The standard InChI is InChI=1S/C20H22N4/c1-2-6-18-17(5-1)22-14-24(18)20-16-7-10-23(11-8-16)19(20)12-15-4-3-9-21-13-15/h1-6,9,13-14,16,19-20H,7-8,10-12H2. The Balaban J connectivity index is 1.56. The van der Waals surface area contributed by atoms with Crippen LogP contribution in [0.4, 0.5) is 0 Å². The molecule has 3 aliphatic heterocycles. The number of rotatable bonds is 3. The number of hydrogen-bond donors (Lipinski definition) is 0. The van der Waals surface area contributed by atoms with Gasteiger partial charge in [0, 0.05) is 18.4 Å². The number of aromatic nitrogens is 3. The summed E-state index contributed by atoms with van der Waals surface area (Å²) in [5.74, 6) is 0.759. The molecule has 0 saturated carbocycles. The molecule has 0 radical (unpaired) electrons. The van der Waals surface area contributed by atoms with E-state index in [0.29, 0.717) is 12.1 Å². The molecular formula is C20H22N4. The van der Waals surface area contributed by atoms with Gasteiger partial charge in [-0.05, 0) is 62.0 Å². The van der Waals surface area contributed by atoms with Gasteiger partial charge in [0.05, 0.1) is 23.4 Å². The molecule has 0 N–H and O–H groups in total. The molecular weight excluding hydrogens is 296 g/mol. The first-order chi connectivity index (χ1) is 11.9. The Labute approximate surface area is 142 Å². The highest BCUT2D eigenvalue weighted by Gasteiger charge is 2.43. The van der Waals surface area contributed by atoms with E-state index in [0.717, 1.165) is 17.9 Å². The minimum atomic E-state index is 0.514. The van der Waals surface area contributed by atoms with Crippen LogP contribution in [-0.4, -0.2) is 38.6 Å². The van der Waals surface area contributed by atoms with Crippen molar-refractivity contribution in [2.24, 2.45) is 5.92 Å². The second-order valence-corrected chi connectivity index (χ2v) is 7.14. The summed E-state index contributed by atoms with van der Waals surface area (Å²) in [6, 6.07) is 13.8. The smallest absolute Gasteiger partial charge is 0.0961 e. The molecule has 3 saturated heterocycles. The van der Waals surface area contributed by atoms with Crippen LogP contribution in [0.3, 0.4) is 0 Å². The van der Waals surface area contributed by atoms with Crippen LogP contribution in [-0.2, 0) is 6.42 Å². The lowest BCUT2D eigenvalue weighted by Crippen LogP contribution is -2.56. The molecule has 0 aliphatic carbocycles. The molecule has 6 rings (SSSR count). The number of nitrogens with zero attached hydrogens (tertiary/aromatic N) is 4. The Bertz CT molecular complexity index is 833. The largest absolute Gasteiger partial charge is 0.326 e. The van der Waals surface area contributed by atoms with Crippen molar-refractivity contribution in [3.05, 3.63) is 60.7 Å². The first-order valence-corrected chi connectivity index (χ1v) is 8.95. The molecule has 122 valence electrons. The molecule has 4 heteroatoms. The molecule has 1 aromatic carbocycles. The van der Waals surface area contributed by atoms with Gasteiger partial charge >= 0.3 is 0 Å². The molecule has 0 spiro atoms. The minimum Gasteiger partial charge on any atom is -0.326 e. The Morgan fingerprint density at radius 2 is 1.92 bits per heavy atom. The van der Waals surface area contributed by atoms with Gasteiger partial charge in [0.25, 0.3) is 0 Å². The van der Waals surface area contributed by atoms with Gasteiger partial charge in [-0.25, -0.2) is 4.98 Å². The Hall–Kier alpha value is -2.20. The average molecular weight is 318 g/mol. The van der Waals surface area contributed by atoms with Crippen molar-refractivity contribution >= 4 is 11.0 Å². The second-order valence-electron chi connectivity index (χ2n) is 7.14. The van der Waals surface area contributed by atoms with Crippen molar-refractivity contribution in [3.8, 4) is 0 Å². The maximum absolute atomic E-state index is 4.65. The fraction of sp³-hybridized carbons (Fsp3) is 0.400. The third kappa shape index (κ3) is 2.25. The Morgan fingerprint density at radius 1 is 1.04 bits per heavy atom. The molecule has 0 amide bonds. The van der Waals surface area contributed by atoms with Crippen LogP contribution in [0, 0.1) is 5.92 Å². The van der Waals surface area contributed by atoms with Crippen LogP contribution >= 0.6 is 0 Å². The molecule has 4 nitrogen and oxygen atoms in total. The van der Waals surface area contributed by atoms with Crippen molar-refractivity contribution in [1.82, 2.24) is 19.4 Å². The van der Waals surface area contributed by atoms with Gasteiger partial charge in [0.15, 0.2) is 0 Å². The van der Waals surface area contributed by atoms with Gasteiger partial charge in [-0.1, -0.05) is 18.2 Å². The van der Waals surface area contributed by atoms with Crippen molar-refractivity contribution in [1.29, 1.82) is 0 Å². The van der Waals surface area contributed by atoms with E-state index < -0.39 is 0 Å². The van der Waals surface area contributed by atoms with Gasteiger partial charge in [0.1, 0.15) is 0 Å². The van der Waals surface area contributed by atoms with Gasteiger partial charge < -0.3 is 4.57 Å². The number of fused-ring (bicyclic) bond motifs is 4. The number of imidazole rings is 1. The Kier molecular flexibility index (Phi) is 3.37. The van der Waals surface area contributed by atoms with E-state index in [-0.39, 0.29) is 0 Å². The van der Waals surface area contributed by atoms with E-state index in [1.807, 2.05) is 18.5 Å². The van der Waals surface area contributed by atoms with E-state index in [4.69, 9.17) is 0 Å². The van der Waals surface area contributed by atoms with Crippen LogP contribution in [0.15, 0.2) is 55.1 Å². The lowest BCUT2D eigenvalue weighted by Gasteiger charge is -2.51. The predicted molar refractivity (Wildman–Crippen MR) is 94.8 cm³/mol. The lowest BCUT2D eigenvalue weighted by molar-refractivity contribution is -0.00119. The molecule has 24 heavy (non-hydrogen) atoms. The van der Waals surface area contributed by atoms with Crippen molar-refractivity contribution in [3.63, 3.8) is 0 Å². The summed E-state index contributed by atoms with van der Waals surface area (Å²) in [7, 11) is 0. The monoisotopic (exact) mass is 318 g/mol. The molecule has 2 unspecified atom stereocenters. The number of piperidine rings is 3. The summed E-state index contributed by atoms with van der Waals surface area (Å²) in [5, 5.41) is 0. The summed E-state index contributed by atoms with van der Waals surface area (Å²) < 4.78 is 2.45. The zero-order valence-electron chi connectivity index (χ0n) is 13.8. The van der Waals surface area contributed by atoms with Crippen molar-refractivity contribution < 1.29 is 0 Å². The van der Waals surface area contributed by atoms with Crippen molar-refractivity contribution in [2.45, 2.75) is 31.3 Å². The highest BCUT2D eigenvalue weighted by Crippen LogP contribution is 2.42. The fourth-order valence-corrected chi connectivity index (χ4v) is 4.76. The maximum Gasteiger partial charge on any atom is 0.0961 e. The summed E-state index contributed by atoms with van der Waals surface area (Å²) in [4.78, 5) is 11.7. The van der Waals surface area contributed by atoms with Gasteiger partial charge in [0.2, 0.25) is 0 Å². The van der Waals surface area contributed by atoms with E-state index >= 15 is 0 Å². The molecule has 3 fully saturated rings. The first-order valence-electron chi connectivity index (χ1n) is 8.95. The van der Waals surface area contributed by atoms with Crippen LogP contribution in [0.2, 0.25) is 0 Å². The van der Waals surface area contributed by atoms with Crippen LogP contribution in [0.5, 0.6) is 0 Å². The number of hydrogen-bond acceptors (Lipinski definition) is 3. The fourth-order valence-electron chi connectivity index (χ4n) is 4.76. The zero-order valence-corrected chi connectivity index (χ0v) is 13.8. The molecule has 3 aliphatic rings. The average Bonchev–Trinajstić information content (AvgIpc) is 3.07. The predicted octanol–water partition coefficient (Wildman–Crippen LogP) is 3.31. The molecule has 2 atom stereocenters. The van der Waals surface area contributed by atoms with Crippen LogP contribution in [0.1, 0.15) is 24.4 Å². The number of para-hydroxylation sites is 2. The minimum absolute atomic E-state index is 0.514. The van der Waals surface area contributed by atoms with E-state index in [1.165, 1.54) is 37.0 Å². The second kappa shape index (κ2) is 5.71. The summed E-state index contributed by atoms with van der Waals surface area (Å²) in [5.41, 5.74) is 3.71. The highest BCUT2D eigenvalue weighted by atomic mass is 15.2. The summed E-state index contributed by atoms with van der Waals surface area (Å²) in [6.07, 6.45) is 9.63. The third-order valence-electron chi connectivity index (χ3n) is 5.89. The summed E-state index contributed by atoms with van der Waals surface area (Å²) >= 11 is 0. The van der Waals surface area contributed by atoms with Gasteiger partial charge in [-0.3, -0.25) is 9.88 Å². The molecule has 2 bridgehead atoms. The third-order valence-corrected chi connectivity index (χ3v) is 5.89. The topological polar surface area (TPSA) is 34.0 Å². The highest BCUT2D eigenvalue weighted by molar-refractivity contribution is 5.75. The normalized spacial score (nSPS) is 29.2. The summed E-state index contributed by atoms with van der Waals surface area (Å²) in [6.45, 7) is 2.47. The lowest BCUT2D eigenvalue weighted by atomic mass is 9.76.